The first-order chi connectivity index (χ1) is 18.5. The van der Waals surface area contributed by atoms with Crippen molar-refractivity contribution in [2.24, 2.45) is 5.92 Å². The minimum atomic E-state index is -1.21. The van der Waals surface area contributed by atoms with Gasteiger partial charge in [-0.3, -0.25) is 19.2 Å². The Kier molecular flexibility index (Phi) is 15.7. The van der Waals surface area contributed by atoms with Crippen LogP contribution in [0.1, 0.15) is 38.7 Å². The van der Waals surface area contributed by atoms with Crippen molar-refractivity contribution in [2.45, 2.75) is 57.7 Å². The van der Waals surface area contributed by atoms with Crippen molar-refractivity contribution in [1.29, 1.82) is 0 Å². The quantitative estimate of drug-likeness (QED) is 0.109. The molecular formula is C26H38ClN5O6S. The van der Waals surface area contributed by atoms with Crippen molar-refractivity contribution in [2.75, 3.05) is 18.8 Å². The van der Waals surface area contributed by atoms with E-state index in [1.807, 2.05) is 32.0 Å². The number of nitrogens with one attached hydrogen (secondary N) is 5. The van der Waals surface area contributed by atoms with Crippen molar-refractivity contribution in [3.05, 3.63) is 47.5 Å². The molecule has 0 aliphatic rings. The Labute approximate surface area is 239 Å². The fourth-order valence-corrected chi connectivity index (χ4v) is 3.98. The second-order valence-corrected chi connectivity index (χ2v) is 9.97. The van der Waals surface area contributed by atoms with Gasteiger partial charge in [0.15, 0.2) is 0 Å². The van der Waals surface area contributed by atoms with Crippen LogP contribution in [0.15, 0.2) is 36.9 Å². The molecule has 6 N–H and O–H groups in total. The van der Waals surface area contributed by atoms with Crippen LogP contribution in [0.3, 0.4) is 0 Å². The summed E-state index contributed by atoms with van der Waals surface area (Å²) in [5, 5.41) is 22.5. The number of hydrogen-bond acceptors (Lipinski definition) is 6. The SMILES string of the molecule is C=CCNC(=O)N[C@@H](CCC(=O)O)C(=O)N[C@@H](CC(C)C)C(=O)N[C@@H](CS)C(=O)NCCc1ccccc1Cl. The number of halogens is 1. The van der Waals surface area contributed by atoms with E-state index in [1.165, 1.54) is 6.08 Å². The van der Waals surface area contributed by atoms with E-state index in [0.29, 0.717) is 18.0 Å². The standard InChI is InChI=1S/C26H38ClN5O6S/c1-4-12-29-26(38)32-19(9-10-22(33)34)24(36)30-20(14-16(2)3)25(37)31-21(15-39)23(35)28-13-11-17-7-5-6-8-18(17)27/h4-8,16,19-21,39H,1,9-15H2,2-3H3,(H,28,35)(H,30,36)(H,31,37)(H,33,34)(H2,29,32,38)/t19-,20-,21-/m0/s1. The molecule has 0 spiro atoms. The number of thiol groups is 1. The van der Waals surface area contributed by atoms with E-state index in [9.17, 15) is 24.0 Å². The molecule has 0 aliphatic heterocycles. The van der Waals surface area contributed by atoms with Gasteiger partial charge in [-0.1, -0.05) is 49.7 Å². The molecule has 0 aliphatic carbocycles. The lowest BCUT2D eigenvalue weighted by Crippen LogP contribution is -2.58. The summed E-state index contributed by atoms with van der Waals surface area (Å²) >= 11 is 10.3. The molecular weight excluding hydrogens is 546 g/mol. The first-order valence-electron chi connectivity index (χ1n) is 12.6. The van der Waals surface area contributed by atoms with Gasteiger partial charge in [-0.05, 0) is 36.8 Å². The number of carbonyl (C=O) groups excluding carboxylic acids is 4. The lowest BCUT2D eigenvalue weighted by Gasteiger charge is -2.26. The van der Waals surface area contributed by atoms with Gasteiger partial charge in [-0.15, -0.1) is 6.58 Å². The van der Waals surface area contributed by atoms with Crippen LogP contribution >= 0.6 is 24.2 Å². The van der Waals surface area contributed by atoms with E-state index in [1.54, 1.807) is 6.07 Å². The zero-order valence-corrected chi connectivity index (χ0v) is 23.8. The Balaban J connectivity index is 2.85. The third-order valence-electron chi connectivity index (χ3n) is 5.48. The topological polar surface area (TPSA) is 166 Å². The highest BCUT2D eigenvalue weighted by atomic mass is 35.5. The second kappa shape index (κ2) is 18.1. The number of carboxylic acids is 1. The van der Waals surface area contributed by atoms with Gasteiger partial charge in [0.1, 0.15) is 18.1 Å². The number of rotatable bonds is 17. The van der Waals surface area contributed by atoms with Crippen LogP contribution in [0.2, 0.25) is 5.02 Å². The predicted molar refractivity (Wildman–Crippen MR) is 153 cm³/mol. The normalized spacial score (nSPS) is 12.9. The third kappa shape index (κ3) is 13.4. The summed E-state index contributed by atoms with van der Waals surface area (Å²) in [5.41, 5.74) is 0.870. The summed E-state index contributed by atoms with van der Waals surface area (Å²) in [6.45, 7) is 7.63. The zero-order chi connectivity index (χ0) is 29.4. The number of carboxylic acid groups (broad SMARTS) is 1. The van der Waals surface area contributed by atoms with Crippen LogP contribution in [-0.4, -0.2) is 71.8 Å². The summed E-state index contributed by atoms with van der Waals surface area (Å²) in [4.78, 5) is 62.0. The molecule has 5 amide bonds. The van der Waals surface area contributed by atoms with E-state index in [2.05, 4.69) is 45.8 Å². The summed E-state index contributed by atoms with van der Waals surface area (Å²) in [5.74, 6) is -2.92. The molecule has 11 nitrogen and oxygen atoms in total. The molecule has 216 valence electrons. The zero-order valence-electron chi connectivity index (χ0n) is 22.2. The predicted octanol–water partition coefficient (Wildman–Crippen LogP) is 1.66. The van der Waals surface area contributed by atoms with Gasteiger partial charge in [-0.25, -0.2) is 4.79 Å². The summed E-state index contributed by atoms with van der Waals surface area (Å²) in [7, 11) is 0. The summed E-state index contributed by atoms with van der Waals surface area (Å²) in [6, 6.07) is 3.37. The Morgan fingerprint density at radius 3 is 2.21 bits per heavy atom. The van der Waals surface area contributed by atoms with E-state index >= 15 is 0 Å². The van der Waals surface area contributed by atoms with Gasteiger partial charge in [0.05, 0.1) is 0 Å². The number of hydrogen-bond donors (Lipinski definition) is 7. The largest absolute Gasteiger partial charge is 0.481 e. The number of amides is 5. The van der Waals surface area contributed by atoms with Gasteiger partial charge in [0.25, 0.3) is 0 Å². The first-order valence-corrected chi connectivity index (χ1v) is 13.6. The molecule has 0 radical (unpaired) electrons. The molecule has 0 fully saturated rings. The molecule has 1 aromatic rings. The van der Waals surface area contributed by atoms with Crippen LogP contribution in [-0.2, 0) is 25.6 Å². The Morgan fingerprint density at radius 2 is 1.62 bits per heavy atom. The van der Waals surface area contributed by atoms with Crippen LogP contribution < -0.4 is 26.6 Å². The lowest BCUT2D eigenvalue weighted by molar-refractivity contribution is -0.137. The molecule has 0 unspecified atom stereocenters. The molecule has 39 heavy (non-hydrogen) atoms. The Hall–Kier alpha value is -3.25. The van der Waals surface area contributed by atoms with Gasteiger partial charge in [-0.2, -0.15) is 12.6 Å². The smallest absolute Gasteiger partial charge is 0.315 e. The van der Waals surface area contributed by atoms with Crippen LogP contribution in [0.25, 0.3) is 0 Å². The molecule has 1 rings (SSSR count). The molecule has 0 heterocycles. The van der Waals surface area contributed by atoms with Crippen molar-refractivity contribution in [3.8, 4) is 0 Å². The third-order valence-corrected chi connectivity index (χ3v) is 6.22. The van der Waals surface area contributed by atoms with Crippen molar-refractivity contribution in [1.82, 2.24) is 26.6 Å². The maximum Gasteiger partial charge on any atom is 0.315 e. The van der Waals surface area contributed by atoms with Crippen LogP contribution in [0.5, 0.6) is 0 Å². The van der Waals surface area contributed by atoms with Gasteiger partial charge in [0, 0.05) is 30.3 Å². The molecule has 0 aromatic heterocycles. The maximum atomic E-state index is 13.1. The second-order valence-electron chi connectivity index (χ2n) is 9.19. The monoisotopic (exact) mass is 583 g/mol. The highest BCUT2D eigenvalue weighted by Crippen LogP contribution is 2.15. The van der Waals surface area contributed by atoms with Crippen molar-refractivity contribution in [3.63, 3.8) is 0 Å². The highest BCUT2D eigenvalue weighted by molar-refractivity contribution is 7.80. The molecule has 0 saturated carbocycles. The van der Waals surface area contributed by atoms with Crippen molar-refractivity contribution >= 4 is 54.0 Å². The number of aliphatic carboxylic acids is 1. The van der Waals surface area contributed by atoms with E-state index < -0.39 is 47.8 Å². The number of urea groups is 1. The highest BCUT2D eigenvalue weighted by Gasteiger charge is 2.30. The molecule has 0 saturated heterocycles. The van der Waals surface area contributed by atoms with Gasteiger partial charge >= 0.3 is 12.0 Å². The van der Waals surface area contributed by atoms with Crippen LogP contribution in [0, 0.1) is 5.92 Å². The molecule has 0 bridgehead atoms. The summed E-state index contributed by atoms with van der Waals surface area (Å²) < 4.78 is 0. The van der Waals surface area contributed by atoms with Crippen LogP contribution in [0.4, 0.5) is 4.79 Å². The molecule has 3 atom stereocenters. The van der Waals surface area contributed by atoms with E-state index in [-0.39, 0.29) is 37.5 Å². The molecule has 1 aromatic carbocycles. The molecule has 13 heteroatoms. The number of benzene rings is 1. The lowest BCUT2D eigenvalue weighted by atomic mass is 10.0. The Bertz CT molecular complexity index is 1010. The minimum absolute atomic E-state index is 0.0122. The maximum absolute atomic E-state index is 13.1. The number of carbonyl (C=O) groups is 5. The van der Waals surface area contributed by atoms with E-state index in [0.717, 1.165) is 5.56 Å². The fraction of sp³-hybridized carbons (Fsp3) is 0.500. The first kappa shape index (κ1) is 33.8. The van der Waals surface area contributed by atoms with Gasteiger partial charge in [0.2, 0.25) is 17.7 Å². The van der Waals surface area contributed by atoms with E-state index in [4.69, 9.17) is 16.7 Å². The minimum Gasteiger partial charge on any atom is -0.481 e. The average Bonchev–Trinajstić information content (AvgIpc) is 2.88. The fourth-order valence-electron chi connectivity index (χ4n) is 3.50. The Morgan fingerprint density at radius 1 is 0.974 bits per heavy atom. The summed E-state index contributed by atoms with van der Waals surface area (Å²) in [6.07, 6.45) is 1.61. The van der Waals surface area contributed by atoms with Crippen molar-refractivity contribution < 1.29 is 29.1 Å². The average molecular weight is 584 g/mol. The van der Waals surface area contributed by atoms with Gasteiger partial charge < -0.3 is 31.7 Å².